The molecule has 0 amide bonds. The number of likely N-dealkylation sites (N-methyl/N-ethyl adjacent to an activating group) is 1. The molecule has 4 N–H and O–H groups in total. The van der Waals surface area contributed by atoms with Gasteiger partial charge >= 0.3 is 0 Å². The van der Waals surface area contributed by atoms with Crippen molar-refractivity contribution in [1.82, 2.24) is 14.9 Å². The number of nitrogens with zero attached hydrogens (tertiary/aromatic N) is 3. The summed E-state index contributed by atoms with van der Waals surface area (Å²) in [5.74, 6) is 6.73. The first kappa shape index (κ1) is 12.6. The summed E-state index contributed by atoms with van der Waals surface area (Å²) >= 11 is 1.59. The number of thiophene rings is 1. The first-order valence-corrected chi connectivity index (χ1v) is 7.32. The van der Waals surface area contributed by atoms with Gasteiger partial charge in [-0.3, -0.25) is 5.43 Å². The maximum Gasteiger partial charge on any atom is 0.240 e. The molecule has 6 nitrogen and oxygen atoms in total. The summed E-state index contributed by atoms with van der Waals surface area (Å²) in [6.07, 6.45) is 2.51. The van der Waals surface area contributed by atoms with Crippen LogP contribution in [0.1, 0.15) is 12.8 Å². The van der Waals surface area contributed by atoms with E-state index in [1.54, 1.807) is 11.3 Å². The minimum absolute atomic E-state index is 0.456. The molecule has 3 rings (SSSR count). The van der Waals surface area contributed by atoms with Crippen LogP contribution in [0.5, 0.6) is 0 Å². The number of nitrogen functional groups attached to an aromatic ring is 1. The van der Waals surface area contributed by atoms with Gasteiger partial charge in [-0.15, -0.1) is 11.3 Å². The van der Waals surface area contributed by atoms with Crippen molar-refractivity contribution >= 4 is 33.3 Å². The minimum atomic E-state index is 0.456. The molecule has 2 aromatic rings. The number of fused-ring (bicyclic) bond motifs is 1. The number of rotatable bonds is 4. The van der Waals surface area contributed by atoms with Gasteiger partial charge in [0.15, 0.2) is 0 Å². The summed E-state index contributed by atoms with van der Waals surface area (Å²) in [5, 5.41) is 6.52. The molecule has 0 radical (unpaired) electrons. The van der Waals surface area contributed by atoms with Crippen molar-refractivity contribution < 1.29 is 0 Å². The Labute approximate surface area is 116 Å². The predicted molar refractivity (Wildman–Crippen MR) is 79.4 cm³/mol. The van der Waals surface area contributed by atoms with Gasteiger partial charge in [-0.1, -0.05) is 0 Å². The number of nitrogens with two attached hydrogens (primary N) is 1. The van der Waals surface area contributed by atoms with Crippen LogP contribution in [0.2, 0.25) is 0 Å². The summed E-state index contributed by atoms with van der Waals surface area (Å²) in [6.45, 7) is 2.09. The van der Waals surface area contributed by atoms with Crippen molar-refractivity contribution in [2.75, 3.05) is 30.9 Å². The van der Waals surface area contributed by atoms with Crippen LogP contribution in [0.15, 0.2) is 11.4 Å². The first-order chi connectivity index (χ1) is 9.28. The highest BCUT2D eigenvalue weighted by Gasteiger charge is 2.21. The molecule has 1 aliphatic rings. The second-order valence-corrected chi connectivity index (χ2v) is 5.73. The van der Waals surface area contributed by atoms with Crippen LogP contribution >= 0.6 is 11.3 Å². The number of hydrogen-bond acceptors (Lipinski definition) is 7. The Morgan fingerprint density at radius 3 is 3.16 bits per heavy atom. The largest absolute Gasteiger partial charge is 0.368 e. The highest BCUT2D eigenvalue weighted by molar-refractivity contribution is 7.16. The Morgan fingerprint density at radius 1 is 1.53 bits per heavy atom. The van der Waals surface area contributed by atoms with E-state index in [2.05, 4.69) is 32.7 Å². The van der Waals surface area contributed by atoms with E-state index in [-0.39, 0.29) is 0 Å². The number of aromatic nitrogens is 2. The fourth-order valence-electron chi connectivity index (χ4n) is 2.51. The SMILES string of the molecule is CN1CCCC1CNc1nc(NN)nc2sccc12. The monoisotopic (exact) mass is 278 g/mol. The van der Waals surface area contributed by atoms with Crippen LogP contribution in [0.3, 0.4) is 0 Å². The van der Waals surface area contributed by atoms with E-state index in [0.717, 1.165) is 22.6 Å². The number of nitrogens with one attached hydrogen (secondary N) is 2. The van der Waals surface area contributed by atoms with Crippen molar-refractivity contribution in [3.05, 3.63) is 11.4 Å². The number of hydrazine groups is 1. The maximum atomic E-state index is 5.41. The molecule has 0 spiro atoms. The Kier molecular flexibility index (Phi) is 3.50. The standard InChI is InChI=1S/C12H18N6S/c1-18-5-2-3-8(18)7-14-10-9-4-6-19-11(9)16-12(15-10)17-13/h4,6,8H,2-3,5,7,13H2,1H3,(H2,14,15,16,17). The minimum Gasteiger partial charge on any atom is -0.368 e. The van der Waals surface area contributed by atoms with Gasteiger partial charge in [-0.05, 0) is 37.9 Å². The molecule has 1 atom stereocenters. The molecule has 2 aromatic heterocycles. The quantitative estimate of drug-likeness (QED) is 0.581. The zero-order valence-corrected chi connectivity index (χ0v) is 11.7. The van der Waals surface area contributed by atoms with Crippen LogP contribution < -0.4 is 16.6 Å². The lowest BCUT2D eigenvalue weighted by atomic mass is 10.2. The van der Waals surface area contributed by atoms with E-state index in [1.165, 1.54) is 19.4 Å². The number of likely N-dealkylation sites (tertiary alicyclic amines) is 1. The summed E-state index contributed by atoms with van der Waals surface area (Å²) in [6, 6.07) is 2.62. The predicted octanol–water partition coefficient (Wildman–Crippen LogP) is 1.48. The average molecular weight is 278 g/mol. The molecular formula is C12H18N6S. The van der Waals surface area contributed by atoms with Gasteiger partial charge < -0.3 is 10.2 Å². The van der Waals surface area contributed by atoms with Crippen molar-refractivity contribution in [1.29, 1.82) is 0 Å². The molecule has 19 heavy (non-hydrogen) atoms. The Bertz CT molecular complexity index is 568. The van der Waals surface area contributed by atoms with Gasteiger partial charge in [0.1, 0.15) is 10.6 Å². The fraction of sp³-hybridized carbons (Fsp3) is 0.500. The zero-order valence-electron chi connectivity index (χ0n) is 10.9. The number of anilines is 2. The third-order valence-electron chi connectivity index (χ3n) is 3.63. The lowest BCUT2D eigenvalue weighted by molar-refractivity contribution is 0.322. The van der Waals surface area contributed by atoms with E-state index >= 15 is 0 Å². The van der Waals surface area contributed by atoms with Gasteiger partial charge in [-0.2, -0.15) is 4.98 Å². The third-order valence-corrected chi connectivity index (χ3v) is 4.44. The lowest BCUT2D eigenvalue weighted by Crippen LogP contribution is -2.31. The van der Waals surface area contributed by atoms with Gasteiger partial charge in [0.05, 0.1) is 5.39 Å². The zero-order chi connectivity index (χ0) is 13.2. The second kappa shape index (κ2) is 5.28. The molecule has 1 saturated heterocycles. The number of hydrogen-bond donors (Lipinski definition) is 3. The van der Waals surface area contributed by atoms with Gasteiger partial charge in [0, 0.05) is 12.6 Å². The van der Waals surface area contributed by atoms with Gasteiger partial charge in [-0.25, -0.2) is 10.8 Å². The lowest BCUT2D eigenvalue weighted by Gasteiger charge is -2.20. The molecule has 1 unspecified atom stereocenters. The van der Waals surface area contributed by atoms with E-state index in [1.807, 2.05) is 11.4 Å². The Hall–Kier alpha value is -1.44. The molecule has 0 saturated carbocycles. The topological polar surface area (TPSA) is 79.1 Å². The van der Waals surface area contributed by atoms with Crippen LogP contribution in [-0.4, -0.2) is 41.0 Å². The van der Waals surface area contributed by atoms with Crippen LogP contribution in [0.25, 0.3) is 10.2 Å². The first-order valence-electron chi connectivity index (χ1n) is 6.44. The maximum absolute atomic E-state index is 5.41. The molecule has 1 aliphatic heterocycles. The van der Waals surface area contributed by atoms with Gasteiger partial charge in [0.2, 0.25) is 5.95 Å². The van der Waals surface area contributed by atoms with Crippen LogP contribution in [0.4, 0.5) is 11.8 Å². The van der Waals surface area contributed by atoms with E-state index in [9.17, 15) is 0 Å². The van der Waals surface area contributed by atoms with Crippen LogP contribution in [0, 0.1) is 0 Å². The molecule has 0 aliphatic carbocycles. The van der Waals surface area contributed by atoms with Crippen molar-refractivity contribution in [2.24, 2.45) is 5.84 Å². The highest BCUT2D eigenvalue weighted by atomic mass is 32.1. The van der Waals surface area contributed by atoms with Crippen molar-refractivity contribution in [2.45, 2.75) is 18.9 Å². The molecule has 0 aromatic carbocycles. The molecule has 0 bridgehead atoms. The summed E-state index contributed by atoms with van der Waals surface area (Å²) < 4.78 is 0. The van der Waals surface area contributed by atoms with E-state index < -0.39 is 0 Å². The molecule has 3 heterocycles. The molecular weight excluding hydrogens is 260 g/mol. The van der Waals surface area contributed by atoms with Crippen molar-refractivity contribution in [3.8, 4) is 0 Å². The Morgan fingerprint density at radius 2 is 2.42 bits per heavy atom. The normalized spacial score (nSPS) is 20.0. The molecule has 7 heteroatoms. The highest BCUT2D eigenvalue weighted by Crippen LogP contribution is 2.26. The smallest absolute Gasteiger partial charge is 0.240 e. The average Bonchev–Trinajstić information content (AvgIpc) is 3.04. The van der Waals surface area contributed by atoms with Crippen LogP contribution in [-0.2, 0) is 0 Å². The van der Waals surface area contributed by atoms with E-state index in [4.69, 9.17) is 5.84 Å². The fourth-order valence-corrected chi connectivity index (χ4v) is 3.27. The Balaban J connectivity index is 1.81. The summed E-state index contributed by atoms with van der Waals surface area (Å²) in [4.78, 5) is 12.1. The third kappa shape index (κ3) is 2.49. The summed E-state index contributed by atoms with van der Waals surface area (Å²) in [5.41, 5.74) is 2.52. The molecule has 102 valence electrons. The van der Waals surface area contributed by atoms with Gasteiger partial charge in [0.25, 0.3) is 0 Å². The van der Waals surface area contributed by atoms with E-state index in [0.29, 0.717) is 12.0 Å². The molecule has 1 fully saturated rings. The van der Waals surface area contributed by atoms with Crippen molar-refractivity contribution in [3.63, 3.8) is 0 Å². The second-order valence-electron chi connectivity index (χ2n) is 4.84. The summed E-state index contributed by atoms with van der Waals surface area (Å²) in [7, 11) is 2.17.